The average molecular weight is 350 g/mol. The molecule has 0 N–H and O–H groups in total. The summed E-state index contributed by atoms with van der Waals surface area (Å²) in [7, 11) is 0. The summed E-state index contributed by atoms with van der Waals surface area (Å²) < 4.78 is 1.38. The third kappa shape index (κ3) is 3.10. The largest absolute Gasteiger partial charge is 0.319 e. The van der Waals surface area contributed by atoms with E-state index in [0.29, 0.717) is 5.54 Å². The number of nitrogens with zero attached hydrogens (tertiary/aromatic N) is 2. The van der Waals surface area contributed by atoms with E-state index in [0.717, 1.165) is 35.5 Å². The van der Waals surface area contributed by atoms with Crippen LogP contribution in [0.25, 0.3) is 0 Å². The Hall–Kier alpha value is -0.0800. The van der Waals surface area contributed by atoms with Gasteiger partial charge in [0.2, 0.25) is 0 Å². The molecular formula is C23H45N2+. The van der Waals surface area contributed by atoms with Crippen LogP contribution in [0.1, 0.15) is 67.7 Å². The summed E-state index contributed by atoms with van der Waals surface area (Å²) in [6.45, 7) is 25.2. The van der Waals surface area contributed by atoms with Gasteiger partial charge in [0.1, 0.15) is 0 Å². The summed E-state index contributed by atoms with van der Waals surface area (Å²) in [4.78, 5) is 2.71. The maximum Gasteiger partial charge on any atom is 0.0907 e. The molecule has 0 aromatic rings. The van der Waals surface area contributed by atoms with E-state index in [-0.39, 0.29) is 0 Å². The Labute approximate surface area is 157 Å². The van der Waals surface area contributed by atoms with E-state index in [1.807, 2.05) is 0 Å². The summed E-state index contributed by atoms with van der Waals surface area (Å²) in [5.74, 6) is 6.04. The molecule has 4 fully saturated rings. The van der Waals surface area contributed by atoms with E-state index in [9.17, 15) is 0 Å². The number of hydrogen-bond acceptors (Lipinski definition) is 1. The second kappa shape index (κ2) is 7.15. The minimum Gasteiger partial charge on any atom is -0.319 e. The van der Waals surface area contributed by atoms with Crippen molar-refractivity contribution in [3.05, 3.63) is 0 Å². The minimum atomic E-state index is 0.404. The molecule has 0 aromatic heterocycles. The van der Waals surface area contributed by atoms with Gasteiger partial charge >= 0.3 is 0 Å². The van der Waals surface area contributed by atoms with Crippen LogP contribution in [0, 0.1) is 35.5 Å². The van der Waals surface area contributed by atoms with E-state index in [4.69, 9.17) is 0 Å². The summed E-state index contributed by atoms with van der Waals surface area (Å²) in [5.41, 5.74) is 0.404. The van der Waals surface area contributed by atoms with Crippen molar-refractivity contribution in [3.8, 4) is 0 Å². The van der Waals surface area contributed by atoms with E-state index >= 15 is 0 Å². The van der Waals surface area contributed by atoms with Crippen LogP contribution < -0.4 is 0 Å². The Balaban J connectivity index is 1.87. The van der Waals surface area contributed by atoms with Crippen LogP contribution in [0.15, 0.2) is 0 Å². The van der Waals surface area contributed by atoms with Crippen LogP contribution in [0.2, 0.25) is 0 Å². The van der Waals surface area contributed by atoms with Crippen LogP contribution in [0.5, 0.6) is 0 Å². The van der Waals surface area contributed by atoms with Gasteiger partial charge in [0.25, 0.3) is 0 Å². The van der Waals surface area contributed by atoms with E-state index < -0.39 is 0 Å². The van der Waals surface area contributed by atoms with Gasteiger partial charge in [0.05, 0.1) is 25.2 Å². The third-order valence-corrected chi connectivity index (χ3v) is 9.12. The highest BCUT2D eigenvalue weighted by atomic mass is 15.4. The fraction of sp³-hybridized carbons (Fsp3) is 1.00. The predicted octanol–water partition coefficient (Wildman–Crippen LogP) is 4.89. The molecule has 2 nitrogen and oxygen atoms in total. The van der Waals surface area contributed by atoms with Crippen molar-refractivity contribution in [3.63, 3.8) is 0 Å². The Bertz CT molecular complexity index is 449. The number of fused-ring (bicyclic) bond motifs is 2. The molecule has 3 aliphatic carbocycles. The molecule has 7 unspecified atom stereocenters. The first-order valence-electron chi connectivity index (χ1n) is 11.4. The first kappa shape index (κ1) is 19.7. The Morgan fingerprint density at radius 2 is 1.32 bits per heavy atom. The fourth-order valence-electron chi connectivity index (χ4n) is 7.51. The lowest BCUT2D eigenvalue weighted by molar-refractivity contribution is -0.961. The summed E-state index contributed by atoms with van der Waals surface area (Å²) >= 11 is 0. The number of hydrogen-bond donors (Lipinski definition) is 0. The van der Waals surface area contributed by atoms with E-state index in [1.54, 1.807) is 0 Å². The first-order chi connectivity index (χ1) is 11.8. The van der Waals surface area contributed by atoms with Gasteiger partial charge in [-0.1, -0.05) is 27.2 Å². The van der Waals surface area contributed by atoms with Crippen molar-refractivity contribution < 1.29 is 4.48 Å². The molecule has 0 aromatic carbocycles. The molecule has 1 aliphatic heterocycles. The van der Waals surface area contributed by atoms with Gasteiger partial charge in [0, 0.05) is 18.4 Å². The summed E-state index contributed by atoms with van der Waals surface area (Å²) in [6, 6.07) is 0. The molecule has 3 saturated carbocycles. The van der Waals surface area contributed by atoms with Crippen molar-refractivity contribution in [2.24, 2.45) is 35.5 Å². The van der Waals surface area contributed by atoms with Crippen molar-refractivity contribution in [1.82, 2.24) is 4.90 Å². The smallest absolute Gasteiger partial charge is 0.0907 e. The third-order valence-electron chi connectivity index (χ3n) is 9.12. The molecular weight excluding hydrogens is 304 g/mol. The molecule has 1 saturated heterocycles. The predicted molar refractivity (Wildman–Crippen MR) is 109 cm³/mol. The Morgan fingerprint density at radius 1 is 0.800 bits per heavy atom. The average Bonchev–Trinajstić information content (AvgIpc) is 3.02. The lowest BCUT2D eigenvalue weighted by atomic mass is 9.50. The highest BCUT2D eigenvalue weighted by Gasteiger charge is 2.62. The molecule has 2 bridgehead atoms. The van der Waals surface area contributed by atoms with Crippen molar-refractivity contribution in [2.75, 3.05) is 39.3 Å². The number of likely N-dealkylation sites (tertiary alicyclic amines) is 1. The van der Waals surface area contributed by atoms with Crippen LogP contribution in [-0.4, -0.2) is 54.2 Å². The van der Waals surface area contributed by atoms with Gasteiger partial charge in [-0.05, 0) is 77.3 Å². The molecule has 0 amide bonds. The van der Waals surface area contributed by atoms with Crippen LogP contribution in [0.3, 0.4) is 0 Å². The molecule has 25 heavy (non-hydrogen) atoms. The normalized spacial score (nSPS) is 43.7. The van der Waals surface area contributed by atoms with Crippen molar-refractivity contribution in [2.45, 2.75) is 73.3 Å². The van der Waals surface area contributed by atoms with E-state index in [2.05, 4.69) is 53.4 Å². The molecule has 0 spiro atoms. The highest BCUT2D eigenvalue weighted by molar-refractivity contribution is 5.04. The van der Waals surface area contributed by atoms with Gasteiger partial charge in [-0.2, -0.15) is 0 Å². The first-order valence-corrected chi connectivity index (χ1v) is 11.4. The topological polar surface area (TPSA) is 3.24 Å². The molecule has 146 valence electrons. The molecule has 7 atom stereocenters. The molecule has 4 aliphatic rings. The SMILES string of the molecule is CCC1C2CCC(C1CN(CC)CC)C1C[N+](CC)(C(C)(C)C)CC21. The second-order valence-electron chi connectivity index (χ2n) is 10.5. The molecule has 1 heterocycles. The number of quaternary nitrogens is 1. The standard InChI is InChI=1S/C23H45N2/c1-8-17-18-12-13-19(20(17)14-24(9-2)10-3)22-16-25(11-4,15-21(18)22)23(5,6)7/h17-22H,8-16H2,1-7H3/q+1. The maximum atomic E-state index is 2.71. The Kier molecular flexibility index (Phi) is 5.63. The van der Waals surface area contributed by atoms with Gasteiger partial charge in [-0.15, -0.1) is 0 Å². The van der Waals surface area contributed by atoms with Gasteiger partial charge in [-0.25, -0.2) is 0 Å². The molecule has 0 radical (unpaired) electrons. The zero-order valence-electron chi connectivity index (χ0n) is 18.2. The van der Waals surface area contributed by atoms with Crippen molar-refractivity contribution in [1.29, 1.82) is 0 Å². The quantitative estimate of drug-likeness (QED) is 0.617. The van der Waals surface area contributed by atoms with Crippen LogP contribution >= 0.6 is 0 Å². The van der Waals surface area contributed by atoms with E-state index in [1.165, 1.54) is 63.0 Å². The van der Waals surface area contributed by atoms with Gasteiger partial charge < -0.3 is 9.38 Å². The Morgan fingerprint density at radius 3 is 1.72 bits per heavy atom. The lowest BCUT2D eigenvalue weighted by Crippen LogP contribution is -2.59. The lowest BCUT2D eigenvalue weighted by Gasteiger charge is -2.54. The summed E-state index contributed by atoms with van der Waals surface area (Å²) in [5, 5.41) is 0. The van der Waals surface area contributed by atoms with Gasteiger partial charge in [0.15, 0.2) is 0 Å². The molecule has 2 heteroatoms. The fourth-order valence-corrected chi connectivity index (χ4v) is 7.51. The second-order valence-corrected chi connectivity index (χ2v) is 10.5. The van der Waals surface area contributed by atoms with Crippen LogP contribution in [0.4, 0.5) is 0 Å². The highest BCUT2D eigenvalue weighted by Crippen LogP contribution is 2.60. The monoisotopic (exact) mass is 349 g/mol. The van der Waals surface area contributed by atoms with Crippen molar-refractivity contribution >= 4 is 0 Å². The zero-order chi connectivity index (χ0) is 18.4. The zero-order valence-corrected chi connectivity index (χ0v) is 18.2. The maximum absolute atomic E-state index is 2.71. The summed E-state index contributed by atoms with van der Waals surface area (Å²) in [6.07, 6.45) is 4.48. The molecule has 4 rings (SSSR count). The van der Waals surface area contributed by atoms with Gasteiger partial charge in [-0.3, -0.25) is 0 Å². The minimum absolute atomic E-state index is 0.404. The number of rotatable bonds is 6. The van der Waals surface area contributed by atoms with Crippen LogP contribution in [-0.2, 0) is 0 Å².